The molecule has 0 aliphatic rings. The second-order valence-electron chi connectivity index (χ2n) is 7.29. The van der Waals surface area contributed by atoms with Gasteiger partial charge in [-0.1, -0.05) is 11.6 Å². The van der Waals surface area contributed by atoms with Crippen LogP contribution < -0.4 is 5.32 Å². The fourth-order valence-corrected chi connectivity index (χ4v) is 2.47. The molecule has 0 spiro atoms. The van der Waals surface area contributed by atoms with Crippen molar-refractivity contribution < 1.29 is 23.5 Å². The first-order valence-electron chi connectivity index (χ1n) is 9.05. The fourth-order valence-electron chi connectivity index (χ4n) is 2.34. The van der Waals surface area contributed by atoms with Crippen LogP contribution in [-0.2, 0) is 16.1 Å². The quantitative estimate of drug-likeness (QED) is 0.563. The fraction of sp³-hybridized carbons (Fsp3) is 0.238. The zero-order valence-corrected chi connectivity index (χ0v) is 17.4. The number of rotatable bonds is 5. The van der Waals surface area contributed by atoms with Gasteiger partial charge in [0.2, 0.25) is 5.89 Å². The van der Waals surface area contributed by atoms with E-state index in [-0.39, 0.29) is 12.5 Å². The average molecular weight is 430 g/mol. The summed E-state index contributed by atoms with van der Waals surface area (Å²) in [6.07, 6.45) is -0.578. The van der Waals surface area contributed by atoms with Gasteiger partial charge in [-0.05, 0) is 69.3 Å². The highest BCUT2D eigenvalue weighted by atomic mass is 35.5. The highest BCUT2D eigenvalue weighted by Gasteiger charge is 2.17. The van der Waals surface area contributed by atoms with Crippen molar-refractivity contribution in [2.75, 3.05) is 5.32 Å². The Morgan fingerprint density at radius 3 is 2.33 bits per heavy atom. The van der Waals surface area contributed by atoms with Crippen molar-refractivity contribution in [2.24, 2.45) is 0 Å². The lowest BCUT2D eigenvalue weighted by molar-refractivity contribution is 0.0438. The van der Waals surface area contributed by atoms with E-state index in [1.807, 2.05) is 0 Å². The Labute approximate surface area is 178 Å². The minimum Gasteiger partial charge on any atom is -0.452 e. The zero-order valence-electron chi connectivity index (χ0n) is 16.6. The second kappa shape index (κ2) is 8.96. The number of carbonyl (C=O) groups excluding carboxylic acids is 2. The Kier molecular flexibility index (Phi) is 6.37. The molecule has 0 fully saturated rings. The summed E-state index contributed by atoms with van der Waals surface area (Å²) in [5, 5.41) is 11.0. The van der Waals surface area contributed by atoms with Gasteiger partial charge in [-0.25, -0.2) is 9.59 Å². The molecule has 9 heteroatoms. The smallest absolute Gasteiger partial charge is 0.412 e. The Hall–Kier alpha value is -3.39. The monoisotopic (exact) mass is 429 g/mol. The van der Waals surface area contributed by atoms with E-state index in [1.165, 1.54) is 12.1 Å². The van der Waals surface area contributed by atoms with Crippen LogP contribution >= 0.6 is 11.6 Å². The third kappa shape index (κ3) is 6.05. The van der Waals surface area contributed by atoms with Gasteiger partial charge in [-0.15, -0.1) is 10.2 Å². The van der Waals surface area contributed by atoms with E-state index >= 15 is 0 Å². The number of halogens is 1. The van der Waals surface area contributed by atoms with Crippen LogP contribution in [0.4, 0.5) is 10.5 Å². The van der Waals surface area contributed by atoms with E-state index in [2.05, 4.69) is 15.5 Å². The Morgan fingerprint density at radius 2 is 1.70 bits per heavy atom. The minimum atomic E-state index is -0.601. The lowest BCUT2D eigenvalue weighted by atomic mass is 10.2. The number of amides is 1. The molecule has 0 unspecified atom stereocenters. The summed E-state index contributed by atoms with van der Waals surface area (Å²) in [6.45, 7) is 5.14. The molecule has 156 valence electrons. The van der Waals surface area contributed by atoms with Crippen LogP contribution in [0.15, 0.2) is 52.9 Å². The van der Waals surface area contributed by atoms with Gasteiger partial charge >= 0.3 is 12.1 Å². The van der Waals surface area contributed by atoms with Crippen molar-refractivity contribution >= 4 is 29.4 Å². The van der Waals surface area contributed by atoms with Crippen LogP contribution in [0.1, 0.15) is 37.0 Å². The molecule has 3 aromatic rings. The van der Waals surface area contributed by atoms with Gasteiger partial charge in [0.25, 0.3) is 5.89 Å². The topological polar surface area (TPSA) is 104 Å². The maximum Gasteiger partial charge on any atom is 0.412 e. The molecule has 0 atom stereocenters. The van der Waals surface area contributed by atoms with Crippen LogP contribution in [0.3, 0.4) is 0 Å². The van der Waals surface area contributed by atoms with Crippen LogP contribution in [0.5, 0.6) is 0 Å². The van der Waals surface area contributed by atoms with E-state index in [0.29, 0.717) is 27.7 Å². The summed E-state index contributed by atoms with van der Waals surface area (Å²) in [5.74, 6) is -0.100. The molecule has 1 heterocycles. The summed E-state index contributed by atoms with van der Waals surface area (Å²) in [7, 11) is 0. The Morgan fingerprint density at radius 1 is 1.03 bits per heavy atom. The van der Waals surface area contributed by atoms with Crippen LogP contribution in [0.25, 0.3) is 11.5 Å². The van der Waals surface area contributed by atoms with Gasteiger partial charge in [0.05, 0.1) is 5.56 Å². The number of ether oxygens (including phenoxy) is 2. The molecular formula is C21H20ClN3O5. The van der Waals surface area contributed by atoms with E-state index in [0.717, 1.165) is 0 Å². The van der Waals surface area contributed by atoms with Gasteiger partial charge in [0, 0.05) is 16.3 Å². The number of nitrogens with one attached hydrogen (secondary N) is 1. The number of aromatic nitrogens is 2. The number of hydrogen-bond acceptors (Lipinski definition) is 7. The minimum absolute atomic E-state index is 0.163. The molecule has 30 heavy (non-hydrogen) atoms. The summed E-state index contributed by atoms with van der Waals surface area (Å²) in [6, 6.07) is 13.1. The zero-order chi connectivity index (χ0) is 21.7. The van der Waals surface area contributed by atoms with E-state index in [1.54, 1.807) is 57.2 Å². The molecule has 0 saturated carbocycles. The van der Waals surface area contributed by atoms with Crippen molar-refractivity contribution in [2.45, 2.75) is 33.0 Å². The molecule has 8 nitrogen and oxygen atoms in total. The third-order valence-corrected chi connectivity index (χ3v) is 3.90. The average Bonchev–Trinajstić information content (AvgIpc) is 3.15. The lowest BCUT2D eigenvalue weighted by Crippen LogP contribution is -2.27. The Balaban J connectivity index is 1.54. The maximum atomic E-state index is 12.2. The molecule has 2 aromatic carbocycles. The first-order chi connectivity index (χ1) is 14.2. The number of hydrogen-bond donors (Lipinski definition) is 1. The molecule has 3 rings (SSSR count). The molecule has 0 saturated heterocycles. The SMILES string of the molecule is CC(C)(C)OC(=O)Nc1ccc(C(=O)OCc2nnc(-c3ccc(Cl)cc3)o2)cc1. The molecule has 1 N–H and O–H groups in total. The van der Waals surface area contributed by atoms with Crippen LogP contribution in [-0.4, -0.2) is 27.9 Å². The number of anilines is 1. The van der Waals surface area contributed by atoms with Gasteiger partial charge in [-0.3, -0.25) is 5.32 Å². The number of benzene rings is 2. The van der Waals surface area contributed by atoms with Crippen molar-refractivity contribution in [1.82, 2.24) is 10.2 Å². The van der Waals surface area contributed by atoms with Crippen molar-refractivity contribution in [3.8, 4) is 11.5 Å². The third-order valence-electron chi connectivity index (χ3n) is 3.65. The normalized spacial score (nSPS) is 11.1. The van der Waals surface area contributed by atoms with Crippen molar-refractivity contribution in [1.29, 1.82) is 0 Å². The molecule has 0 aliphatic heterocycles. The van der Waals surface area contributed by atoms with Gasteiger partial charge in [0.15, 0.2) is 6.61 Å². The van der Waals surface area contributed by atoms with Crippen molar-refractivity contribution in [3.63, 3.8) is 0 Å². The van der Waals surface area contributed by atoms with E-state index in [4.69, 9.17) is 25.5 Å². The summed E-state index contributed by atoms with van der Waals surface area (Å²) < 4.78 is 15.9. The summed E-state index contributed by atoms with van der Waals surface area (Å²) in [5.41, 5.74) is 0.903. The Bertz CT molecular complexity index is 1020. The van der Waals surface area contributed by atoms with Crippen LogP contribution in [0.2, 0.25) is 5.02 Å². The predicted molar refractivity (Wildman–Crippen MR) is 110 cm³/mol. The van der Waals surface area contributed by atoms with E-state index in [9.17, 15) is 9.59 Å². The molecular weight excluding hydrogens is 410 g/mol. The maximum absolute atomic E-state index is 12.2. The van der Waals surface area contributed by atoms with E-state index < -0.39 is 17.7 Å². The number of carbonyl (C=O) groups is 2. The summed E-state index contributed by atoms with van der Waals surface area (Å²) in [4.78, 5) is 24.0. The molecule has 0 aliphatic carbocycles. The highest BCUT2D eigenvalue weighted by molar-refractivity contribution is 6.30. The first kappa shape index (κ1) is 21.3. The molecule has 1 aromatic heterocycles. The molecule has 0 bridgehead atoms. The summed E-state index contributed by atoms with van der Waals surface area (Å²) >= 11 is 5.86. The molecule has 0 radical (unpaired) electrons. The largest absolute Gasteiger partial charge is 0.452 e. The van der Waals surface area contributed by atoms with Gasteiger partial charge < -0.3 is 13.9 Å². The highest BCUT2D eigenvalue weighted by Crippen LogP contribution is 2.20. The standard InChI is InChI=1S/C21H20ClN3O5/c1-21(2,3)30-20(27)23-16-10-6-14(7-11-16)19(26)28-12-17-24-25-18(29-17)13-4-8-15(22)9-5-13/h4-11H,12H2,1-3H3,(H,23,27). The van der Waals surface area contributed by atoms with Gasteiger partial charge in [-0.2, -0.15) is 0 Å². The first-order valence-corrected chi connectivity index (χ1v) is 9.43. The predicted octanol–water partition coefficient (Wildman–Crippen LogP) is 5.09. The van der Waals surface area contributed by atoms with Gasteiger partial charge in [0.1, 0.15) is 5.60 Å². The molecule has 1 amide bonds. The van der Waals surface area contributed by atoms with Crippen LogP contribution in [0, 0.1) is 0 Å². The second-order valence-corrected chi connectivity index (χ2v) is 7.72. The lowest BCUT2D eigenvalue weighted by Gasteiger charge is -2.19. The van der Waals surface area contributed by atoms with Crippen molar-refractivity contribution in [3.05, 3.63) is 65.0 Å². The number of nitrogens with zero attached hydrogens (tertiary/aromatic N) is 2. The number of esters is 1.